The van der Waals surface area contributed by atoms with Gasteiger partial charge >= 0.3 is 0 Å². The second-order valence-electron chi connectivity index (χ2n) is 6.40. The zero-order chi connectivity index (χ0) is 17.9. The fraction of sp³-hybridized carbons (Fsp3) is 0.368. The largest absolute Gasteiger partial charge is 0.443 e. The van der Waals surface area contributed by atoms with Gasteiger partial charge in [-0.05, 0) is 43.4 Å². The fourth-order valence-corrected chi connectivity index (χ4v) is 3.11. The van der Waals surface area contributed by atoms with Gasteiger partial charge in [0.15, 0.2) is 12.0 Å². The zero-order valence-corrected chi connectivity index (χ0v) is 13.8. The summed E-state index contributed by atoms with van der Waals surface area (Å²) in [6.45, 7) is 3.43. The lowest BCUT2D eigenvalue weighted by Crippen LogP contribution is -2.24. The molecule has 1 aromatic heterocycles. The van der Waals surface area contributed by atoms with E-state index >= 15 is 0 Å². The number of benzene rings is 1. The molecule has 1 heterocycles. The smallest absolute Gasteiger partial charge is 0.248 e. The molecule has 3 rings (SSSR count). The molecular weight excluding hydrogens is 326 g/mol. The van der Waals surface area contributed by atoms with Crippen LogP contribution < -0.4 is 5.32 Å². The molecule has 1 N–H and O–H groups in total. The Hall–Kier alpha value is -2.50. The first-order valence-electron chi connectivity index (χ1n) is 8.32. The average molecular weight is 346 g/mol. The molecule has 1 saturated carbocycles. The van der Waals surface area contributed by atoms with E-state index in [0.29, 0.717) is 29.6 Å². The number of allylic oxidation sites excluding steroid dienone is 1. The van der Waals surface area contributed by atoms with E-state index in [4.69, 9.17) is 4.42 Å². The van der Waals surface area contributed by atoms with Crippen molar-refractivity contribution < 1.29 is 18.0 Å². The van der Waals surface area contributed by atoms with Crippen molar-refractivity contribution in [2.45, 2.75) is 38.0 Å². The van der Waals surface area contributed by atoms with Crippen molar-refractivity contribution in [3.05, 3.63) is 42.8 Å². The molecule has 132 valence electrons. The molecule has 0 atom stereocenters. The van der Waals surface area contributed by atoms with Gasteiger partial charge in [0.1, 0.15) is 5.52 Å². The summed E-state index contributed by atoms with van der Waals surface area (Å²) in [5.74, 6) is -2.52. The molecule has 1 aliphatic carbocycles. The molecule has 1 aliphatic rings. The Morgan fingerprint density at radius 2 is 2.16 bits per heavy atom. The van der Waals surface area contributed by atoms with Crippen LogP contribution in [-0.4, -0.2) is 16.8 Å². The summed E-state index contributed by atoms with van der Waals surface area (Å²) in [4.78, 5) is 15.6. The third-order valence-corrected chi connectivity index (χ3v) is 4.52. The predicted molar refractivity (Wildman–Crippen MR) is 93.4 cm³/mol. The van der Waals surface area contributed by atoms with Gasteiger partial charge in [-0.25, -0.2) is 13.8 Å². The highest BCUT2D eigenvalue weighted by Crippen LogP contribution is 2.37. The summed E-state index contributed by atoms with van der Waals surface area (Å²) >= 11 is 0. The normalized spacial score (nSPS) is 17.8. The number of hydrogen-bond donors (Lipinski definition) is 1. The number of fused-ring (bicyclic) bond motifs is 1. The van der Waals surface area contributed by atoms with Gasteiger partial charge in [-0.15, -0.1) is 0 Å². The van der Waals surface area contributed by atoms with Crippen molar-refractivity contribution >= 4 is 28.8 Å². The summed E-state index contributed by atoms with van der Waals surface area (Å²) in [6.07, 6.45) is 8.20. The van der Waals surface area contributed by atoms with Crippen LogP contribution in [0, 0.1) is 5.92 Å². The zero-order valence-electron chi connectivity index (χ0n) is 13.8. The van der Waals surface area contributed by atoms with E-state index in [0.717, 1.165) is 12.0 Å². The lowest BCUT2D eigenvalue weighted by Gasteiger charge is -2.27. The van der Waals surface area contributed by atoms with Crippen molar-refractivity contribution in [3.8, 4) is 0 Å². The second kappa shape index (κ2) is 7.17. The first kappa shape index (κ1) is 17.3. The highest BCUT2D eigenvalue weighted by molar-refractivity contribution is 6.00. The van der Waals surface area contributed by atoms with Crippen LogP contribution in [0.2, 0.25) is 0 Å². The highest BCUT2D eigenvalue weighted by Gasteiger charge is 2.34. The summed E-state index contributed by atoms with van der Waals surface area (Å²) < 4.78 is 31.8. The van der Waals surface area contributed by atoms with E-state index in [1.165, 1.54) is 12.5 Å². The number of anilines is 1. The first-order valence-corrected chi connectivity index (χ1v) is 8.32. The van der Waals surface area contributed by atoms with Crippen LogP contribution in [-0.2, 0) is 4.79 Å². The highest BCUT2D eigenvalue weighted by atomic mass is 19.3. The molecule has 0 spiro atoms. The Kier molecular flexibility index (Phi) is 4.97. The maximum atomic E-state index is 13.2. The van der Waals surface area contributed by atoms with Gasteiger partial charge in [0.2, 0.25) is 11.8 Å². The minimum absolute atomic E-state index is 0.0269. The van der Waals surface area contributed by atoms with Gasteiger partial charge in [-0.2, -0.15) is 0 Å². The number of hydrogen-bond acceptors (Lipinski definition) is 3. The molecule has 1 fully saturated rings. The standard InChI is InChI=1S/C19H20F2N2O2/c1-2-17(24)23-15-10-14(18-16(11-15)22-12-25-18)5-3-4-13-6-8-19(20,21)9-7-13/h2-3,5,10-13H,1,4,6-9H2,(H,23,24)/b5-3+. The number of alkyl halides is 2. The van der Waals surface area contributed by atoms with E-state index in [9.17, 15) is 13.6 Å². The number of carbonyl (C=O) groups is 1. The lowest BCUT2D eigenvalue weighted by atomic mass is 9.84. The van der Waals surface area contributed by atoms with Crippen LogP contribution in [0.4, 0.5) is 14.5 Å². The van der Waals surface area contributed by atoms with Gasteiger partial charge in [0.25, 0.3) is 0 Å². The number of aromatic nitrogens is 1. The minimum Gasteiger partial charge on any atom is -0.443 e. The van der Waals surface area contributed by atoms with Crippen LogP contribution in [0.15, 0.2) is 41.7 Å². The van der Waals surface area contributed by atoms with Crippen LogP contribution in [0.3, 0.4) is 0 Å². The number of nitrogens with one attached hydrogen (secondary N) is 1. The minimum atomic E-state index is -2.50. The molecule has 0 saturated heterocycles. The van der Waals surface area contributed by atoms with Crippen molar-refractivity contribution in [3.63, 3.8) is 0 Å². The number of halogens is 2. The lowest BCUT2D eigenvalue weighted by molar-refractivity contribution is -0.111. The van der Waals surface area contributed by atoms with Crippen molar-refractivity contribution in [2.75, 3.05) is 5.32 Å². The molecule has 0 unspecified atom stereocenters. The summed E-state index contributed by atoms with van der Waals surface area (Å²) in [6, 6.07) is 3.52. The molecule has 0 aliphatic heterocycles. The Morgan fingerprint density at radius 3 is 2.88 bits per heavy atom. The molecule has 4 nitrogen and oxygen atoms in total. The third kappa shape index (κ3) is 4.32. The molecule has 1 aromatic carbocycles. The van der Waals surface area contributed by atoms with Gasteiger partial charge in [-0.1, -0.05) is 18.7 Å². The topological polar surface area (TPSA) is 55.1 Å². The van der Waals surface area contributed by atoms with E-state index in [1.54, 1.807) is 12.1 Å². The fourth-order valence-electron chi connectivity index (χ4n) is 3.11. The van der Waals surface area contributed by atoms with Crippen LogP contribution >= 0.6 is 0 Å². The van der Waals surface area contributed by atoms with Crippen LogP contribution in [0.1, 0.15) is 37.7 Å². The molecule has 2 aromatic rings. The summed E-state index contributed by atoms with van der Waals surface area (Å²) in [5, 5.41) is 2.71. The molecule has 1 amide bonds. The van der Waals surface area contributed by atoms with Crippen LogP contribution in [0.25, 0.3) is 17.2 Å². The Bertz CT molecular complexity index is 801. The molecular formula is C19H20F2N2O2. The van der Waals surface area contributed by atoms with E-state index in [1.807, 2.05) is 12.2 Å². The summed E-state index contributed by atoms with van der Waals surface area (Å²) in [7, 11) is 0. The average Bonchev–Trinajstić information content (AvgIpc) is 3.05. The van der Waals surface area contributed by atoms with Crippen molar-refractivity contribution in [1.82, 2.24) is 4.98 Å². The monoisotopic (exact) mass is 346 g/mol. The maximum absolute atomic E-state index is 13.2. The van der Waals surface area contributed by atoms with Gasteiger partial charge in [0, 0.05) is 24.1 Å². The van der Waals surface area contributed by atoms with Crippen molar-refractivity contribution in [1.29, 1.82) is 0 Å². The van der Waals surface area contributed by atoms with E-state index in [2.05, 4.69) is 16.9 Å². The summed E-state index contributed by atoms with van der Waals surface area (Å²) in [5.41, 5.74) is 2.65. The van der Waals surface area contributed by atoms with Gasteiger partial charge in [-0.3, -0.25) is 4.79 Å². The number of amides is 1. The molecule has 0 radical (unpaired) electrons. The van der Waals surface area contributed by atoms with Crippen molar-refractivity contribution in [2.24, 2.45) is 5.92 Å². The second-order valence-corrected chi connectivity index (χ2v) is 6.40. The number of rotatable bonds is 5. The Morgan fingerprint density at radius 1 is 1.40 bits per heavy atom. The Labute approximate surface area is 144 Å². The molecule has 25 heavy (non-hydrogen) atoms. The SMILES string of the molecule is C=CC(=O)Nc1cc(/C=C/CC2CCC(F)(F)CC2)c2ocnc2c1. The first-order chi connectivity index (χ1) is 12.0. The van der Waals surface area contributed by atoms with E-state index in [-0.39, 0.29) is 24.7 Å². The maximum Gasteiger partial charge on any atom is 0.248 e. The third-order valence-electron chi connectivity index (χ3n) is 4.52. The number of nitrogens with zero attached hydrogens (tertiary/aromatic N) is 1. The van der Waals surface area contributed by atoms with Gasteiger partial charge in [0.05, 0.1) is 0 Å². The number of oxazole rings is 1. The predicted octanol–water partition coefficient (Wildman–Crippen LogP) is 5.18. The van der Waals surface area contributed by atoms with Gasteiger partial charge < -0.3 is 9.73 Å². The number of carbonyl (C=O) groups excluding carboxylic acids is 1. The quantitative estimate of drug-likeness (QED) is 0.759. The molecule has 6 heteroatoms. The Balaban J connectivity index is 1.72. The van der Waals surface area contributed by atoms with E-state index < -0.39 is 5.92 Å². The van der Waals surface area contributed by atoms with Crippen LogP contribution in [0.5, 0.6) is 0 Å². The molecule has 0 bridgehead atoms.